The molecule has 0 bridgehead atoms. The van der Waals surface area contributed by atoms with Crippen molar-refractivity contribution in [1.29, 1.82) is 0 Å². The molecule has 0 N–H and O–H groups in total. The Kier molecular flexibility index (Phi) is 4.08. The van der Waals surface area contributed by atoms with Gasteiger partial charge in [0.25, 0.3) is 6.43 Å². The molecule has 1 aromatic carbocycles. The molecule has 0 aliphatic carbocycles. The van der Waals surface area contributed by atoms with Crippen molar-refractivity contribution < 1.29 is 13.2 Å². The molecule has 1 nitrogen and oxygen atoms in total. The highest BCUT2D eigenvalue weighted by Crippen LogP contribution is 2.30. The first-order valence-electron chi connectivity index (χ1n) is 6.40. The minimum atomic E-state index is -2.62. The maximum absolute atomic E-state index is 14.0. The Bertz CT molecular complexity index is 593. The molecule has 1 heterocycles. The summed E-state index contributed by atoms with van der Waals surface area (Å²) in [6, 6.07) is 4.37. The number of rotatable bonds is 4. The average Bonchev–Trinajstić information content (AvgIpc) is 2.36. The molecule has 0 aliphatic heterocycles. The molecule has 2 rings (SSSR count). The van der Waals surface area contributed by atoms with Gasteiger partial charge < -0.3 is 0 Å². The van der Waals surface area contributed by atoms with E-state index in [2.05, 4.69) is 4.98 Å². The molecule has 4 heteroatoms. The number of nitrogens with zero attached hydrogens (tertiary/aromatic N) is 1. The van der Waals surface area contributed by atoms with Crippen molar-refractivity contribution in [2.45, 2.75) is 39.5 Å². The summed E-state index contributed by atoms with van der Waals surface area (Å²) in [6.07, 6.45) is -0.0354. The smallest absolute Gasteiger partial charge is 0.250 e. The number of pyridine rings is 1. The van der Waals surface area contributed by atoms with E-state index in [4.69, 9.17) is 0 Å². The zero-order chi connectivity index (χ0) is 14.0. The number of halogens is 3. The fraction of sp³-hybridized carbons (Fsp3) is 0.400. The topological polar surface area (TPSA) is 12.9 Å². The van der Waals surface area contributed by atoms with E-state index >= 15 is 0 Å². The Morgan fingerprint density at radius 2 is 1.95 bits per heavy atom. The molecule has 102 valence electrons. The van der Waals surface area contributed by atoms with Crippen LogP contribution < -0.4 is 0 Å². The van der Waals surface area contributed by atoms with Crippen molar-refractivity contribution in [2.24, 2.45) is 0 Å². The van der Waals surface area contributed by atoms with Gasteiger partial charge in [0.2, 0.25) is 0 Å². The monoisotopic (exact) mass is 267 g/mol. The standard InChI is InChI=1S/C15H16F3N/c1-3-4-5-10-7-11-12(15(17)18)6-9(2)19-14(11)13(16)8-10/h6-8,15H,3-5H2,1-2H3. The molecule has 0 spiro atoms. The van der Waals surface area contributed by atoms with Crippen LogP contribution in [0.5, 0.6) is 0 Å². The highest BCUT2D eigenvalue weighted by atomic mass is 19.3. The lowest BCUT2D eigenvalue weighted by molar-refractivity contribution is 0.153. The molecule has 0 radical (unpaired) electrons. The van der Waals surface area contributed by atoms with Crippen molar-refractivity contribution in [3.05, 3.63) is 40.8 Å². The maximum Gasteiger partial charge on any atom is 0.264 e. The van der Waals surface area contributed by atoms with Crippen LogP contribution in [0, 0.1) is 12.7 Å². The SMILES string of the molecule is CCCCc1cc(F)c2nc(C)cc(C(F)F)c2c1. The second-order valence-corrected chi connectivity index (χ2v) is 4.73. The molecule has 19 heavy (non-hydrogen) atoms. The molecule has 1 aromatic heterocycles. The summed E-state index contributed by atoms with van der Waals surface area (Å²) in [4.78, 5) is 4.03. The van der Waals surface area contributed by atoms with Crippen molar-refractivity contribution >= 4 is 10.9 Å². The first-order valence-corrected chi connectivity index (χ1v) is 6.40. The minimum Gasteiger partial charge on any atom is -0.250 e. The van der Waals surface area contributed by atoms with Gasteiger partial charge in [-0.25, -0.2) is 13.2 Å². The van der Waals surface area contributed by atoms with Gasteiger partial charge in [-0.1, -0.05) is 13.3 Å². The van der Waals surface area contributed by atoms with Crippen molar-refractivity contribution in [3.63, 3.8) is 0 Å². The normalized spacial score (nSPS) is 11.5. The summed E-state index contributed by atoms with van der Waals surface area (Å²) in [5, 5.41) is 0.228. The number of hydrogen-bond donors (Lipinski definition) is 0. The Morgan fingerprint density at radius 3 is 2.58 bits per heavy atom. The third kappa shape index (κ3) is 2.88. The number of alkyl halides is 2. The molecule has 0 amide bonds. The van der Waals surface area contributed by atoms with Crippen molar-refractivity contribution in [2.75, 3.05) is 0 Å². The highest BCUT2D eigenvalue weighted by Gasteiger charge is 2.16. The number of fused-ring (bicyclic) bond motifs is 1. The van der Waals surface area contributed by atoms with Gasteiger partial charge in [-0.3, -0.25) is 4.98 Å². The predicted molar refractivity (Wildman–Crippen MR) is 70.0 cm³/mol. The zero-order valence-electron chi connectivity index (χ0n) is 11.0. The van der Waals surface area contributed by atoms with E-state index in [1.807, 2.05) is 6.92 Å². The van der Waals surface area contributed by atoms with Crippen LogP contribution >= 0.6 is 0 Å². The van der Waals surface area contributed by atoms with E-state index in [-0.39, 0.29) is 16.5 Å². The lowest BCUT2D eigenvalue weighted by Crippen LogP contribution is -1.97. The summed E-state index contributed by atoms with van der Waals surface area (Å²) in [5.41, 5.74) is 1.05. The summed E-state index contributed by atoms with van der Waals surface area (Å²) in [7, 11) is 0. The fourth-order valence-corrected chi connectivity index (χ4v) is 2.21. The number of hydrogen-bond acceptors (Lipinski definition) is 1. The van der Waals surface area contributed by atoms with Crippen LogP contribution in [0.2, 0.25) is 0 Å². The quantitative estimate of drug-likeness (QED) is 0.762. The highest BCUT2D eigenvalue weighted by molar-refractivity contribution is 5.84. The van der Waals surface area contributed by atoms with E-state index < -0.39 is 12.2 Å². The number of aromatic nitrogens is 1. The molecule has 0 unspecified atom stereocenters. The van der Waals surface area contributed by atoms with Crippen LogP contribution in [0.15, 0.2) is 18.2 Å². The third-order valence-corrected chi connectivity index (χ3v) is 3.14. The Balaban J connectivity index is 2.63. The molecular weight excluding hydrogens is 251 g/mol. The lowest BCUT2D eigenvalue weighted by atomic mass is 10.0. The van der Waals surface area contributed by atoms with E-state index in [1.165, 1.54) is 12.1 Å². The summed E-state index contributed by atoms with van der Waals surface area (Å²) >= 11 is 0. The van der Waals surface area contributed by atoms with Crippen LogP contribution in [-0.2, 0) is 6.42 Å². The van der Waals surface area contributed by atoms with Gasteiger partial charge in [0.05, 0.1) is 0 Å². The van der Waals surface area contributed by atoms with Crippen molar-refractivity contribution in [3.8, 4) is 0 Å². The number of benzene rings is 1. The van der Waals surface area contributed by atoms with E-state index in [0.717, 1.165) is 18.4 Å². The molecule has 0 fully saturated rings. The van der Waals surface area contributed by atoms with E-state index in [1.54, 1.807) is 13.0 Å². The predicted octanol–water partition coefficient (Wildman–Crippen LogP) is 4.96. The first kappa shape index (κ1) is 13.8. The second-order valence-electron chi connectivity index (χ2n) is 4.73. The van der Waals surface area contributed by atoms with Crippen LogP contribution in [0.25, 0.3) is 10.9 Å². The van der Waals surface area contributed by atoms with Crippen LogP contribution in [0.3, 0.4) is 0 Å². The van der Waals surface area contributed by atoms with E-state index in [9.17, 15) is 13.2 Å². The largest absolute Gasteiger partial charge is 0.264 e. The minimum absolute atomic E-state index is 0.0375. The van der Waals surface area contributed by atoms with E-state index in [0.29, 0.717) is 12.1 Å². The summed E-state index contributed by atoms with van der Waals surface area (Å²) in [5.74, 6) is -0.519. The van der Waals surface area contributed by atoms with Gasteiger partial charge in [-0.15, -0.1) is 0 Å². The fourth-order valence-electron chi connectivity index (χ4n) is 2.21. The molecule has 0 saturated heterocycles. The summed E-state index contributed by atoms with van der Waals surface area (Å²) in [6.45, 7) is 3.63. The molecule has 0 atom stereocenters. The Hall–Kier alpha value is -1.58. The van der Waals surface area contributed by atoms with Gasteiger partial charge in [-0.05, 0) is 43.5 Å². The van der Waals surface area contributed by atoms with Crippen LogP contribution in [-0.4, -0.2) is 4.98 Å². The second kappa shape index (κ2) is 5.59. The average molecular weight is 267 g/mol. The van der Waals surface area contributed by atoms with Gasteiger partial charge >= 0.3 is 0 Å². The molecular formula is C15H16F3N. The van der Waals surface area contributed by atoms with Gasteiger partial charge in [-0.2, -0.15) is 0 Å². The molecule has 0 aliphatic rings. The van der Waals surface area contributed by atoms with Gasteiger partial charge in [0.1, 0.15) is 11.3 Å². The van der Waals surface area contributed by atoms with Crippen LogP contribution in [0.1, 0.15) is 43.0 Å². The Morgan fingerprint density at radius 1 is 1.21 bits per heavy atom. The lowest BCUT2D eigenvalue weighted by Gasteiger charge is -2.10. The number of unbranched alkanes of at least 4 members (excludes halogenated alkanes) is 1. The van der Waals surface area contributed by atoms with Crippen molar-refractivity contribution in [1.82, 2.24) is 4.98 Å². The first-order chi connectivity index (χ1) is 9.02. The summed E-state index contributed by atoms with van der Waals surface area (Å²) < 4.78 is 40.1. The third-order valence-electron chi connectivity index (χ3n) is 3.14. The zero-order valence-corrected chi connectivity index (χ0v) is 11.0. The Labute approximate surface area is 110 Å². The number of aryl methyl sites for hydroxylation is 2. The van der Waals surface area contributed by atoms with Gasteiger partial charge in [0.15, 0.2) is 0 Å². The van der Waals surface area contributed by atoms with Gasteiger partial charge in [0, 0.05) is 16.6 Å². The maximum atomic E-state index is 14.0. The molecule has 0 saturated carbocycles. The van der Waals surface area contributed by atoms with Crippen LogP contribution in [0.4, 0.5) is 13.2 Å². The molecule has 2 aromatic rings.